The maximum absolute atomic E-state index is 12.5. The van der Waals surface area contributed by atoms with Crippen LogP contribution in [0.4, 0.5) is 5.69 Å². The molecule has 1 aliphatic rings. The fourth-order valence-corrected chi connectivity index (χ4v) is 5.05. The van der Waals surface area contributed by atoms with E-state index < -0.39 is 0 Å². The van der Waals surface area contributed by atoms with Gasteiger partial charge in [0.15, 0.2) is 0 Å². The first-order chi connectivity index (χ1) is 15.0. The van der Waals surface area contributed by atoms with Crippen LogP contribution >= 0.6 is 0 Å². The summed E-state index contributed by atoms with van der Waals surface area (Å²) in [6, 6.07) is 20.9. The molecule has 0 fully saturated rings. The zero-order chi connectivity index (χ0) is 23.1. The number of rotatable bonds is 4. The molecule has 2 N–H and O–H groups in total. The summed E-state index contributed by atoms with van der Waals surface area (Å²) in [5.41, 5.74) is 8.05. The molecule has 32 heavy (non-hydrogen) atoms. The molecular weight excluding hydrogens is 394 g/mol. The van der Waals surface area contributed by atoms with E-state index in [-0.39, 0.29) is 22.5 Å². The maximum Gasteiger partial charge on any atom is 0.255 e. The third-order valence-electron chi connectivity index (χ3n) is 6.50. The minimum Gasteiger partial charge on any atom is -0.508 e. The molecule has 0 radical (unpaired) electrons. The van der Waals surface area contributed by atoms with Crippen LogP contribution < -0.4 is 5.32 Å². The Labute approximate surface area is 190 Å². The second-order valence-electron chi connectivity index (χ2n) is 10.2. The summed E-state index contributed by atoms with van der Waals surface area (Å²) in [4.78, 5) is 12.5. The third-order valence-corrected chi connectivity index (χ3v) is 6.50. The van der Waals surface area contributed by atoms with Gasteiger partial charge in [0.2, 0.25) is 0 Å². The normalized spacial score (nSPS) is 16.5. The summed E-state index contributed by atoms with van der Waals surface area (Å²) in [6.07, 6.45) is 3.33. The van der Waals surface area contributed by atoms with Crippen LogP contribution in [0.15, 0.2) is 66.7 Å². The highest BCUT2D eigenvalue weighted by atomic mass is 16.3. The van der Waals surface area contributed by atoms with Crippen molar-refractivity contribution >= 4 is 23.2 Å². The number of aromatic hydroxyl groups is 1. The van der Waals surface area contributed by atoms with Gasteiger partial charge in [-0.15, -0.1) is 0 Å². The number of carbonyl (C=O) groups excluding carboxylic acids is 1. The van der Waals surface area contributed by atoms with Crippen molar-refractivity contribution in [3.63, 3.8) is 0 Å². The standard InChI is InChI=1S/C29H31NO2/c1-19(22-10-15-25-26(17-22)29(4,5)18-28(25,2)3)16-20-6-8-21(9-7-20)27(32)30-23-11-13-24(31)14-12-23/h6-17,31H,18H2,1-5H3,(H,30,32)/b19-16+. The minimum atomic E-state index is -0.175. The van der Waals surface area contributed by atoms with Crippen LogP contribution in [0.2, 0.25) is 0 Å². The van der Waals surface area contributed by atoms with E-state index in [1.807, 2.05) is 24.3 Å². The van der Waals surface area contributed by atoms with Crippen LogP contribution in [-0.4, -0.2) is 11.0 Å². The molecule has 0 heterocycles. The van der Waals surface area contributed by atoms with Crippen molar-refractivity contribution in [1.29, 1.82) is 0 Å². The first-order valence-electron chi connectivity index (χ1n) is 11.1. The Kier molecular flexibility index (Phi) is 5.46. The SMILES string of the molecule is C/C(=C\c1ccc(C(=O)Nc2ccc(O)cc2)cc1)c1ccc2c(c1)C(C)(C)CC2(C)C. The van der Waals surface area contributed by atoms with Crippen molar-refractivity contribution in [1.82, 2.24) is 0 Å². The number of amides is 1. The Morgan fingerprint density at radius 3 is 2.09 bits per heavy atom. The lowest BCUT2D eigenvalue weighted by molar-refractivity contribution is 0.102. The van der Waals surface area contributed by atoms with Gasteiger partial charge in [-0.1, -0.05) is 64.1 Å². The van der Waals surface area contributed by atoms with E-state index in [9.17, 15) is 9.90 Å². The zero-order valence-electron chi connectivity index (χ0n) is 19.5. The Hall–Kier alpha value is -3.33. The Morgan fingerprint density at radius 1 is 0.844 bits per heavy atom. The highest BCUT2D eigenvalue weighted by Crippen LogP contribution is 2.49. The topological polar surface area (TPSA) is 49.3 Å². The fraction of sp³-hybridized carbons (Fsp3) is 0.276. The number of phenols is 1. The van der Waals surface area contributed by atoms with Crippen molar-refractivity contribution in [3.05, 3.63) is 94.5 Å². The fourth-order valence-electron chi connectivity index (χ4n) is 5.05. The van der Waals surface area contributed by atoms with Crippen molar-refractivity contribution < 1.29 is 9.90 Å². The zero-order valence-corrected chi connectivity index (χ0v) is 19.5. The maximum atomic E-state index is 12.5. The number of hydrogen-bond donors (Lipinski definition) is 2. The second-order valence-corrected chi connectivity index (χ2v) is 10.2. The lowest BCUT2D eigenvalue weighted by Gasteiger charge is -2.22. The number of phenolic OH excluding ortho intramolecular Hbond substituents is 1. The van der Waals surface area contributed by atoms with Gasteiger partial charge in [0, 0.05) is 11.3 Å². The lowest BCUT2D eigenvalue weighted by atomic mass is 9.82. The molecule has 4 rings (SSSR count). The summed E-state index contributed by atoms with van der Waals surface area (Å²) in [6.45, 7) is 11.5. The van der Waals surface area contributed by atoms with Gasteiger partial charge in [-0.3, -0.25) is 4.79 Å². The first kappa shape index (κ1) is 21.9. The number of benzene rings is 3. The number of carbonyl (C=O) groups is 1. The summed E-state index contributed by atoms with van der Waals surface area (Å²) in [7, 11) is 0. The predicted molar refractivity (Wildman–Crippen MR) is 133 cm³/mol. The molecule has 3 aromatic carbocycles. The average molecular weight is 426 g/mol. The third kappa shape index (κ3) is 4.34. The Balaban J connectivity index is 1.52. The molecule has 1 amide bonds. The molecule has 3 nitrogen and oxygen atoms in total. The van der Waals surface area contributed by atoms with Crippen molar-refractivity contribution in [2.45, 2.75) is 51.9 Å². The molecular formula is C29H31NO2. The number of anilines is 1. The Morgan fingerprint density at radius 2 is 1.44 bits per heavy atom. The average Bonchev–Trinajstić information content (AvgIpc) is 2.93. The van der Waals surface area contributed by atoms with E-state index in [0.717, 1.165) is 12.0 Å². The van der Waals surface area contributed by atoms with Crippen LogP contribution in [-0.2, 0) is 10.8 Å². The number of nitrogens with one attached hydrogen (secondary N) is 1. The summed E-state index contributed by atoms with van der Waals surface area (Å²) in [5.74, 6) is -0.00318. The highest BCUT2D eigenvalue weighted by molar-refractivity contribution is 6.04. The van der Waals surface area contributed by atoms with Gasteiger partial charge >= 0.3 is 0 Å². The van der Waals surface area contributed by atoms with Gasteiger partial charge in [0.1, 0.15) is 5.75 Å². The van der Waals surface area contributed by atoms with Gasteiger partial charge in [0.05, 0.1) is 0 Å². The van der Waals surface area contributed by atoms with Gasteiger partial charge in [-0.05, 0) is 88.4 Å². The molecule has 0 saturated carbocycles. The first-order valence-corrected chi connectivity index (χ1v) is 11.1. The van der Waals surface area contributed by atoms with E-state index in [4.69, 9.17) is 0 Å². The van der Waals surface area contributed by atoms with Crippen LogP contribution in [0.25, 0.3) is 11.6 Å². The van der Waals surface area contributed by atoms with E-state index >= 15 is 0 Å². The van der Waals surface area contributed by atoms with Crippen LogP contribution in [0.5, 0.6) is 5.75 Å². The number of fused-ring (bicyclic) bond motifs is 1. The molecule has 0 saturated heterocycles. The minimum absolute atomic E-state index is 0.171. The van der Waals surface area contributed by atoms with E-state index in [0.29, 0.717) is 11.3 Å². The van der Waals surface area contributed by atoms with Crippen molar-refractivity contribution in [2.24, 2.45) is 0 Å². The molecule has 3 aromatic rings. The van der Waals surface area contributed by atoms with Gasteiger partial charge in [-0.25, -0.2) is 0 Å². The molecule has 0 aliphatic heterocycles. The van der Waals surface area contributed by atoms with Crippen molar-refractivity contribution in [3.8, 4) is 5.75 Å². The molecule has 164 valence electrons. The smallest absolute Gasteiger partial charge is 0.255 e. The molecule has 0 atom stereocenters. The molecule has 0 bridgehead atoms. The molecule has 0 spiro atoms. The van der Waals surface area contributed by atoms with Crippen molar-refractivity contribution in [2.75, 3.05) is 5.32 Å². The largest absolute Gasteiger partial charge is 0.508 e. The molecule has 0 aromatic heterocycles. The summed E-state index contributed by atoms with van der Waals surface area (Å²) < 4.78 is 0. The van der Waals surface area contributed by atoms with E-state index in [1.165, 1.54) is 22.3 Å². The lowest BCUT2D eigenvalue weighted by Crippen LogP contribution is -2.17. The summed E-state index contributed by atoms with van der Waals surface area (Å²) >= 11 is 0. The van der Waals surface area contributed by atoms with E-state index in [1.54, 1.807) is 24.3 Å². The van der Waals surface area contributed by atoms with E-state index in [2.05, 4.69) is 64.2 Å². The predicted octanol–water partition coefficient (Wildman–Crippen LogP) is 7.16. The Bertz CT molecular complexity index is 1180. The number of hydrogen-bond acceptors (Lipinski definition) is 2. The molecule has 3 heteroatoms. The monoisotopic (exact) mass is 425 g/mol. The van der Waals surface area contributed by atoms with Crippen LogP contribution in [0.1, 0.15) is 73.7 Å². The summed E-state index contributed by atoms with van der Waals surface area (Å²) in [5, 5.41) is 12.2. The second kappa shape index (κ2) is 7.98. The van der Waals surface area contributed by atoms with Gasteiger partial charge in [-0.2, -0.15) is 0 Å². The van der Waals surface area contributed by atoms with Gasteiger partial charge < -0.3 is 10.4 Å². The molecule has 1 aliphatic carbocycles. The number of allylic oxidation sites excluding steroid dienone is 1. The molecule has 0 unspecified atom stereocenters. The highest BCUT2D eigenvalue weighted by Gasteiger charge is 2.41. The van der Waals surface area contributed by atoms with Crippen LogP contribution in [0, 0.1) is 0 Å². The van der Waals surface area contributed by atoms with Crippen LogP contribution in [0.3, 0.4) is 0 Å². The van der Waals surface area contributed by atoms with Gasteiger partial charge in [0.25, 0.3) is 5.91 Å². The quantitative estimate of drug-likeness (QED) is 0.344.